The molecule has 2 rings (SSSR count). The van der Waals surface area contributed by atoms with Crippen LogP contribution in [0.3, 0.4) is 0 Å². The number of nitrogen functional groups attached to an aromatic ring is 1. The first-order valence-electron chi connectivity index (χ1n) is 5.74. The van der Waals surface area contributed by atoms with Crippen LogP contribution in [0.5, 0.6) is 0 Å². The van der Waals surface area contributed by atoms with E-state index in [0.717, 1.165) is 0 Å². The van der Waals surface area contributed by atoms with Crippen LogP contribution >= 0.6 is 0 Å². The largest absolute Gasteiger partial charge is 0.507 e. The highest BCUT2D eigenvalue weighted by Gasteiger charge is 2.28. The molecule has 1 atom stereocenters. The molecule has 0 aliphatic carbocycles. The molecule has 0 spiro atoms. The minimum Gasteiger partial charge on any atom is -0.450 e. The lowest BCUT2D eigenvalue weighted by Gasteiger charge is -2.14. The van der Waals surface area contributed by atoms with Crippen molar-refractivity contribution in [2.45, 2.75) is 17.3 Å². The fraction of sp³-hybridized carbons (Fsp3) is 0.154. The summed E-state index contributed by atoms with van der Waals surface area (Å²) in [5.74, 6) is 0. The number of anilines is 1. The third-order valence-electron chi connectivity index (χ3n) is 2.93. The predicted octanol–water partition coefficient (Wildman–Crippen LogP) is 2.24. The van der Waals surface area contributed by atoms with E-state index in [1.807, 2.05) is 0 Å². The topological polar surface area (TPSA) is 107 Å². The molecule has 0 saturated heterocycles. The lowest BCUT2D eigenvalue weighted by molar-refractivity contribution is 0.0839. The predicted molar refractivity (Wildman–Crippen MR) is 74.1 cm³/mol. The van der Waals surface area contributed by atoms with Gasteiger partial charge in [-0.15, -0.1) is 0 Å². The summed E-state index contributed by atoms with van der Waals surface area (Å²) in [7, 11) is -3.94. The van der Waals surface area contributed by atoms with Gasteiger partial charge in [-0.05, 0) is 19.1 Å². The van der Waals surface area contributed by atoms with Crippen LogP contribution < -0.4 is 5.73 Å². The smallest absolute Gasteiger partial charge is 0.450 e. The van der Waals surface area contributed by atoms with Crippen LogP contribution in [0, 0.1) is 0 Å². The van der Waals surface area contributed by atoms with E-state index in [1.165, 1.54) is 19.1 Å². The summed E-state index contributed by atoms with van der Waals surface area (Å²) in [4.78, 5) is 10.5. The fourth-order valence-corrected chi connectivity index (χ4v) is 3.24. The molecule has 0 radical (unpaired) electrons. The van der Waals surface area contributed by atoms with Crippen molar-refractivity contribution in [3.63, 3.8) is 0 Å². The highest BCUT2D eigenvalue weighted by molar-refractivity contribution is 7.92. The molecule has 0 bridgehead atoms. The SMILES string of the molecule is CC(OC(=O)O)S(=O)(=O)c1ccc(N)c2ccccc12. The molecule has 0 fully saturated rings. The van der Waals surface area contributed by atoms with Gasteiger partial charge < -0.3 is 15.6 Å². The van der Waals surface area contributed by atoms with Gasteiger partial charge in [0, 0.05) is 16.5 Å². The average Bonchev–Trinajstić information content (AvgIpc) is 2.38. The van der Waals surface area contributed by atoms with Crippen molar-refractivity contribution in [2.75, 3.05) is 5.73 Å². The quantitative estimate of drug-likeness (QED) is 0.664. The molecule has 2 aromatic carbocycles. The van der Waals surface area contributed by atoms with Crippen LogP contribution in [0.2, 0.25) is 0 Å². The second-order valence-corrected chi connectivity index (χ2v) is 6.39. The number of carboxylic acid groups (broad SMARTS) is 1. The Balaban J connectivity index is 2.64. The Bertz CT molecular complexity index is 769. The summed E-state index contributed by atoms with van der Waals surface area (Å²) < 4.78 is 29.1. The number of carbonyl (C=O) groups is 1. The minimum atomic E-state index is -3.94. The zero-order chi connectivity index (χ0) is 14.9. The first kappa shape index (κ1) is 14.1. The first-order chi connectivity index (χ1) is 9.34. The highest BCUT2D eigenvalue weighted by Crippen LogP contribution is 2.30. The second kappa shape index (κ2) is 5.01. The summed E-state index contributed by atoms with van der Waals surface area (Å²) in [5.41, 5.74) is 4.76. The Morgan fingerprint density at radius 2 is 1.80 bits per heavy atom. The molecule has 6 nitrogen and oxygen atoms in total. The van der Waals surface area contributed by atoms with Crippen molar-refractivity contribution < 1.29 is 23.1 Å². The molecule has 0 aromatic heterocycles. The molecule has 1 unspecified atom stereocenters. The first-order valence-corrected chi connectivity index (χ1v) is 7.29. The molecular weight excluding hydrogens is 282 g/mol. The standard InChI is InChI=1S/C13H13NO5S/c1-8(19-13(15)16)20(17,18)12-7-6-11(14)9-4-2-3-5-10(9)12/h2-8H,14H2,1H3,(H,15,16). The molecule has 0 heterocycles. The van der Waals surface area contributed by atoms with E-state index in [4.69, 9.17) is 10.8 Å². The summed E-state index contributed by atoms with van der Waals surface area (Å²) in [6.45, 7) is 1.18. The Labute approximate surface area is 115 Å². The molecule has 20 heavy (non-hydrogen) atoms. The van der Waals surface area contributed by atoms with Gasteiger partial charge >= 0.3 is 6.16 Å². The van der Waals surface area contributed by atoms with Gasteiger partial charge in [-0.1, -0.05) is 24.3 Å². The fourth-order valence-electron chi connectivity index (χ4n) is 1.93. The summed E-state index contributed by atoms with van der Waals surface area (Å²) in [6.07, 6.45) is -1.64. The maximum absolute atomic E-state index is 12.4. The molecule has 3 N–H and O–H groups in total. The van der Waals surface area contributed by atoms with Crippen LogP contribution in [0.1, 0.15) is 6.92 Å². The summed E-state index contributed by atoms with van der Waals surface area (Å²) in [6, 6.07) is 9.58. The minimum absolute atomic E-state index is 0.00366. The van der Waals surface area contributed by atoms with Gasteiger partial charge in [-0.3, -0.25) is 0 Å². The molecule has 0 aliphatic heterocycles. The van der Waals surface area contributed by atoms with Crippen molar-refractivity contribution >= 4 is 32.5 Å². The normalized spacial score (nSPS) is 13.1. The van der Waals surface area contributed by atoms with Crippen molar-refractivity contribution in [3.05, 3.63) is 36.4 Å². The summed E-state index contributed by atoms with van der Waals surface area (Å²) in [5, 5.41) is 9.58. The van der Waals surface area contributed by atoms with Gasteiger partial charge in [-0.2, -0.15) is 0 Å². The van der Waals surface area contributed by atoms with E-state index in [1.54, 1.807) is 24.3 Å². The van der Waals surface area contributed by atoms with Crippen molar-refractivity contribution in [1.82, 2.24) is 0 Å². The van der Waals surface area contributed by atoms with Gasteiger partial charge in [0.2, 0.25) is 15.3 Å². The van der Waals surface area contributed by atoms with Gasteiger partial charge in [-0.25, -0.2) is 13.2 Å². The third-order valence-corrected chi connectivity index (χ3v) is 4.87. The third kappa shape index (κ3) is 2.39. The number of nitrogens with two attached hydrogens (primary N) is 1. The lowest BCUT2D eigenvalue weighted by Crippen LogP contribution is -2.24. The van der Waals surface area contributed by atoms with Crippen LogP contribution in [0.25, 0.3) is 10.8 Å². The number of benzene rings is 2. The van der Waals surface area contributed by atoms with E-state index in [9.17, 15) is 13.2 Å². The average molecular weight is 295 g/mol. The number of ether oxygens (including phenoxy) is 1. The van der Waals surface area contributed by atoms with E-state index < -0.39 is 21.4 Å². The number of fused-ring (bicyclic) bond motifs is 1. The Hall–Kier alpha value is -2.28. The zero-order valence-electron chi connectivity index (χ0n) is 10.6. The lowest BCUT2D eigenvalue weighted by atomic mass is 10.1. The van der Waals surface area contributed by atoms with Crippen molar-refractivity contribution in [2.24, 2.45) is 0 Å². The van der Waals surface area contributed by atoms with Gasteiger partial charge in [0.1, 0.15) is 0 Å². The van der Waals surface area contributed by atoms with E-state index in [2.05, 4.69) is 4.74 Å². The van der Waals surface area contributed by atoms with Crippen molar-refractivity contribution in [3.8, 4) is 0 Å². The molecule has 0 saturated carbocycles. The van der Waals surface area contributed by atoms with Crippen LogP contribution in [-0.2, 0) is 14.6 Å². The Morgan fingerprint density at radius 3 is 2.40 bits per heavy atom. The molecule has 0 amide bonds. The molecule has 2 aromatic rings. The number of hydrogen-bond acceptors (Lipinski definition) is 5. The number of sulfone groups is 1. The number of rotatable bonds is 3. The van der Waals surface area contributed by atoms with Crippen molar-refractivity contribution in [1.29, 1.82) is 0 Å². The van der Waals surface area contributed by atoms with Gasteiger partial charge in [0.05, 0.1) is 4.90 Å². The maximum atomic E-state index is 12.4. The second-order valence-electron chi connectivity index (χ2n) is 4.19. The summed E-state index contributed by atoms with van der Waals surface area (Å²) >= 11 is 0. The Kier molecular flexibility index (Phi) is 3.54. The van der Waals surface area contributed by atoms with Crippen LogP contribution in [-0.4, -0.2) is 25.1 Å². The van der Waals surface area contributed by atoms with E-state index >= 15 is 0 Å². The molecule has 0 aliphatic rings. The monoisotopic (exact) mass is 295 g/mol. The van der Waals surface area contributed by atoms with E-state index in [0.29, 0.717) is 16.5 Å². The zero-order valence-corrected chi connectivity index (χ0v) is 11.4. The Morgan fingerprint density at radius 1 is 1.20 bits per heavy atom. The van der Waals surface area contributed by atoms with E-state index in [-0.39, 0.29) is 4.90 Å². The van der Waals surface area contributed by atoms with Crippen LogP contribution in [0.4, 0.5) is 10.5 Å². The van der Waals surface area contributed by atoms with Crippen LogP contribution in [0.15, 0.2) is 41.3 Å². The molecule has 7 heteroatoms. The molecular formula is C13H13NO5S. The van der Waals surface area contributed by atoms with Gasteiger partial charge in [0.25, 0.3) is 0 Å². The maximum Gasteiger partial charge on any atom is 0.507 e. The highest BCUT2D eigenvalue weighted by atomic mass is 32.2. The van der Waals surface area contributed by atoms with Gasteiger partial charge in [0.15, 0.2) is 0 Å². The molecule has 106 valence electrons. The number of hydrogen-bond donors (Lipinski definition) is 2.